The summed E-state index contributed by atoms with van der Waals surface area (Å²) < 4.78 is 0. The van der Waals surface area contributed by atoms with E-state index in [0.717, 1.165) is 17.3 Å². The predicted octanol–water partition coefficient (Wildman–Crippen LogP) is 3.26. The third-order valence-corrected chi connectivity index (χ3v) is 2.80. The lowest BCUT2D eigenvalue weighted by atomic mass is 10.1. The number of hydrogen-bond donors (Lipinski definition) is 1. The van der Waals surface area contributed by atoms with Crippen LogP contribution in [0.2, 0.25) is 0 Å². The topological polar surface area (TPSA) is 20.2 Å². The van der Waals surface area contributed by atoms with Gasteiger partial charge in [0.05, 0.1) is 12.0 Å². The molecule has 0 aliphatic rings. The molecular weight excluding hydrogens is 251 g/mol. The minimum absolute atomic E-state index is 0.0281. The van der Waals surface area contributed by atoms with Gasteiger partial charge in [-0.1, -0.05) is 39.2 Å². The van der Waals surface area contributed by atoms with Crippen molar-refractivity contribution in [2.45, 2.75) is 25.6 Å². The van der Waals surface area contributed by atoms with Gasteiger partial charge in [-0.25, -0.2) is 0 Å². The maximum atomic E-state index is 8.64. The zero-order chi connectivity index (χ0) is 10.3. The van der Waals surface area contributed by atoms with Crippen molar-refractivity contribution in [3.8, 4) is 0 Å². The summed E-state index contributed by atoms with van der Waals surface area (Å²) in [5, 5.41) is 9.52. The molecule has 0 saturated heterocycles. The minimum Gasteiger partial charge on any atom is -0.392 e. The van der Waals surface area contributed by atoms with E-state index in [1.165, 1.54) is 5.57 Å². The molecule has 0 rings (SSSR count). The van der Waals surface area contributed by atoms with Gasteiger partial charge >= 0.3 is 0 Å². The molecule has 3 heteroatoms. The summed E-state index contributed by atoms with van der Waals surface area (Å²) in [6.07, 6.45) is 4.62. The normalized spacial score (nSPS) is 16.1. The van der Waals surface area contributed by atoms with E-state index in [0.29, 0.717) is 0 Å². The van der Waals surface area contributed by atoms with Crippen molar-refractivity contribution in [3.63, 3.8) is 0 Å². The maximum absolute atomic E-state index is 8.64. The predicted molar refractivity (Wildman–Crippen MR) is 62.7 cm³/mol. The molecule has 1 atom stereocenters. The van der Waals surface area contributed by atoms with E-state index in [1.807, 2.05) is 19.9 Å². The molecule has 0 radical (unpaired) electrons. The largest absolute Gasteiger partial charge is 0.392 e. The number of rotatable bonds is 5. The average molecular weight is 268 g/mol. The molecule has 0 aliphatic carbocycles. The minimum atomic E-state index is 0.0281. The third-order valence-electron chi connectivity index (χ3n) is 1.63. The van der Waals surface area contributed by atoms with Crippen LogP contribution in [0.3, 0.4) is 0 Å². The maximum Gasteiger partial charge on any atom is 0.0614 e. The molecule has 0 spiro atoms. The number of aliphatic hydroxyl groups is 1. The first kappa shape index (κ1) is 13.2. The summed E-state index contributed by atoms with van der Waals surface area (Å²) in [6.45, 7) is 4.11. The van der Waals surface area contributed by atoms with Crippen LogP contribution in [0.15, 0.2) is 23.3 Å². The van der Waals surface area contributed by atoms with Crippen LogP contribution >= 0.6 is 27.5 Å². The van der Waals surface area contributed by atoms with E-state index in [4.69, 9.17) is 16.7 Å². The van der Waals surface area contributed by atoms with Gasteiger partial charge in [0, 0.05) is 5.33 Å². The first-order chi connectivity index (χ1) is 6.10. The number of aliphatic hydroxyl groups excluding tert-OH is 1. The Labute approximate surface area is 93.6 Å². The summed E-state index contributed by atoms with van der Waals surface area (Å²) in [6, 6.07) is 0. The van der Waals surface area contributed by atoms with Gasteiger partial charge in [-0.05, 0) is 20.3 Å². The Morgan fingerprint density at radius 3 is 2.54 bits per heavy atom. The highest BCUT2D eigenvalue weighted by atomic mass is 79.9. The fourth-order valence-corrected chi connectivity index (χ4v) is 1.60. The van der Waals surface area contributed by atoms with Gasteiger partial charge in [0.2, 0.25) is 0 Å². The van der Waals surface area contributed by atoms with Gasteiger partial charge in [0.15, 0.2) is 0 Å². The van der Waals surface area contributed by atoms with Crippen molar-refractivity contribution >= 4 is 27.5 Å². The summed E-state index contributed by atoms with van der Waals surface area (Å²) in [5.41, 5.74) is 2.36. The second kappa shape index (κ2) is 7.60. The Morgan fingerprint density at radius 2 is 2.08 bits per heavy atom. The standard InChI is InChI=1S/C10H16BrClO/c1-8(3-4-13)5-10(12)6-9(2)7-11/h3,6,10,13H,4-5,7H2,1-2H3/b8-3+,9-6+. The Kier molecular flexibility index (Phi) is 7.72. The van der Waals surface area contributed by atoms with Crippen molar-refractivity contribution in [1.29, 1.82) is 0 Å². The van der Waals surface area contributed by atoms with E-state index in [-0.39, 0.29) is 12.0 Å². The highest BCUT2D eigenvalue weighted by molar-refractivity contribution is 9.09. The summed E-state index contributed by atoms with van der Waals surface area (Å²) in [7, 11) is 0. The molecule has 1 unspecified atom stereocenters. The van der Waals surface area contributed by atoms with Crippen LogP contribution in [-0.4, -0.2) is 22.4 Å². The first-order valence-electron chi connectivity index (χ1n) is 4.24. The summed E-state index contributed by atoms with van der Waals surface area (Å²) >= 11 is 9.42. The second-order valence-corrected chi connectivity index (χ2v) is 4.22. The first-order valence-corrected chi connectivity index (χ1v) is 5.79. The molecule has 13 heavy (non-hydrogen) atoms. The summed E-state index contributed by atoms with van der Waals surface area (Å²) in [4.78, 5) is 0. The van der Waals surface area contributed by atoms with E-state index >= 15 is 0 Å². The van der Waals surface area contributed by atoms with E-state index in [9.17, 15) is 0 Å². The van der Waals surface area contributed by atoms with Crippen LogP contribution in [0.4, 0.5) is 0 Å². The molecule has 0 bridgehead atoms. The van der Waals surface area contributed by atoms with Gasteiger partial charge in [-0.2, -0.15) is 0 Å². The molecule has 1 nitrogen and oxygen atoms in total. The lowest BCUT2D eigenvalue weighted by molar-refractivity contribution is 0.341. The molecule has 0 saturated carbocycles. The Bertz CT molecular complexity index is 199. The van der Waals surface area contributed by atoms with Crippen LogP contribution in [0, 0.1) is 0 Å². The molecule has 0 aliphatic heterocycles. The lowest BCUT2D eigenvalue weighted by Gasteiger charge is -2.05. The van der Waals surface area contributed by atoms with E-state index < -0.39 is 0 Å². The zero-order valence-electron chi connectivity index (χ0n) is 8.06. The van der Waals surface area contributed by atoms with Gasteiger partial charge in [-0.15, -0.1) is 11.6 Å². The van der Waals surface area contributed by atoms with E-state index in [1.54, 1.807) is 6.08 Å². The van der Waals surface area contributed by atoms with Gasteiger partial charge < -0.3 is 5.11 Å². The molecule has 0 aromatic rings. The Morgan fingerprint density at radius 1 is 1.46 bits per heavy atom. The van der Waals surface area contributed by atoms with Crippen molar-refractivity contribution in [1.82, 2.24) is 0 Å². The SMILES string of the molecule is C/C(=C\C(Cl)C/C(C)=C/CO)CBr. The number of allylic oxidation sites excluding steroid dienone is 3. The van der Waals surface area contributed by atoms with Crippen LogP contribution in [0.5, 0.6) is 0 Å². The summed E-state index contributed by atoms with van der Waals surface area (Å²) in [5.74, 6) is 0. The Balaban J connectivity index is 4.00. The lowest BCUT2D eigenvalue weighted by Crippen LogP contribution is -1.97. The van der Waals surface area contributed by atoms with Crippen molar-refractivity contribution in [2.75, 3.05) is 11.9 Å². The molecule has 0 fully saturated rings. The van der Waals surface area contributed by atoms with Crippen molar-refractivity contribution in [3.05, 3.63) is 23.3 Å². The zero-order valence-corrected chi connectivity index (χ0v) is 10.4. The fraction of sp³-hybridized carbons (Fsp3) is 0.600. The molecule has 0 aromatic carbocycles. The van der Waals surface area contributed by atoms with Gasteiger partial charge in [0.1, 0.15) is 0 Å². The monoisotopic (exact) mass is 266 g/mol. The molecular formula is C10H16BrClO. The smallest absolute Gasteiger partial charge is 0.0614 e. The van der Waals surface area contributed by atoms with Gasteiger partial charge in [-0.3, -0.25) is 0 Å². The van der Waals surface area contributed by atoms with E-state index in [2.05, 4.69) is 15.9 Å². The Hall–Kier alpha value is 0.210. The molecule has 76 valence electrons. The number of hydrogen-bond acceptors (Lipinski definition) is 1. The molecule has 0 amide bonds. The highest BCUT2D eigenvalue weighted by Gasteiger charge is 2.01. The van der Waals surface area contributed by atoms with Crippen LogP contribution in [-0.2, 0) is 0 Å². The number of alkyl halides is 2. The third kappa shape index (κ3) is 7.29. The molecule has 0 aromatic heterocycles. The van der Waals surface area contributed by atoms with Crippen LogP contribution in [0.25, 0.3) is 0 Å². The van der Waals surface area contributed by atoms with Crippen LogP contribution < -0.4 is 0 Å². The van der Waals surface area contributed by atoms with Crippen LogP contribution in [0.1, 0.15) is 20.3 Å². The van der Waals surface area contributed by atoms with Crippen molar-refractivity contribution in [2.24, 2.45) is 0 Å². The quantitative estimate of drug-likeness (QED) is 0.599. The van der Waals surface area contributed by atoms with Crippen molar-refractivity contribution < 1.29 is 5.11 Å². The number of halogens is 2. The molecule has 1 N–H and O–H groups in total. The highest BCUT2D eigenvalue weighted by Crippen LogP contribution is 2.14. The fourth-order valence-electron chi connectivity index (χ4n) is 0.959. The van der Waals surface area contributed by atoms with Gasteiger partial charge in [0.25, 0.3) is 0 Å². The molecule has 0 heterocycles. The average Bonchev–Trinajstić information content (AvgIpc) is 2.04. The second-order valence-electron chi connectivity index (χ2n) is 3.10.